The van der Waals surface area contributed by atoms with Crippen LogP contribution in [0.5, 0.6) is 0 Å². The van der Waals surface area contributed by atoms with Gasteiger partial charge in [-0.25, -0.2) is 0 Å². The van der Waals surface area contributed by atoms with E-state index in [1.165, 1.54) is 98.6 Å². The van der Waals surface area contributed by atoms with Crippen LogP contribution in [0.3, 0.4) is 0 Å². The highest BCUT2D eigenvalue weighted by atomic mass is 15.0. The molecular formula is C44H26N2. The van der Waals surface area contributed by atoms with E-state index in [2.05, 4.69) is 167 Å². The van der Waals surface area contributed by atoms with Crippen molar-refractivity contribution in [2.45, 2.75) is 0 Å². The van der Waals surface area contributed by atoms with Crippen LogP contribution in [0.15, 0.2) is 158 Å². The van der Waals surface area contributed by atoms with Crippen LogP contribution in [0.1, 0.15) is 0 Å². The molecule has 0 atom stereocenters. The SMILES string of the molecule is c1ccc(-c2ccccc2-c2cccc(-n3c4ccc5ccc6cccc7c6c5c4c4c3ccc3c5ccccc5n7c34)c2)cc1. The smallest absolute Gasteiger partial charge is 0.0641 e. The molecule has 3 heterocycles. The standard InChI is InChI=1S/C44H26N2/c1-2-10-27(11-3-1)32-15-4-5-16-33(32)30-13-8-14-31(26-30)45-38-24-22-29-21-20-28-12-9-19-37-40(28)41(29)42(38)43-39(45)25-23-35-34-17-6-7-18-36(34)46(37)44(35)43/h1-26H. The van der Waals surface area contributed by atoms with Crippen molar-refractivity contribution >= 4 is 70.7 Å². The zero-order valence-corrected chi connectivity index (χ0v) is 24.9. The van der Waals surface area contributed by atoms with Gasteiger partial charge in [0.1, 0.15) is 0 Å². The minimum Gasteiger partial charge on any atom is -0.309 e. The first-order valence-electron chi connectivity index (χ1n) is 16.0. The first-order chi connectivity index (χ1) is 22.8. The van der Waals surface area contributed by atoms with E-state index >= 15 is 0 Å². The Kier molecular flexibility index (Phi) is 4.61. The summed E-state index contributed by atoms with van der Waals surface area (Å²) in [6.07, 6.45) is 0. The van der Waals surface area contributed by atoms with Gasteiger partial charge in [0, 0.05) is 38.0 Å². The Morgan fingerprint density at radius 2 is 1.00 bits per heavy atom. The molecule has 0 bridgehead atoms. The van der Waals surface area contributed by atoms with Gasteiger partial charge >= 0.3 is 0 Å². The summed E-state index contributed by atoms with van der Waals surface area (Å²) in [6.45, 7) is 0. The van der Waals surface area contributed by atoms with Gasteiger partial charge in [0.15, 0.2) is 0 Å². The highest BCUT2D eigenvalue weighted by Crippen LogP contribution is 2.47. The molecule has 3 aromatic heterocycles. The zero-order chi connectivity index (χ0) is 29.9. The number of hydrogen-bond acceptors (Lipinski definition) is 0. The van der Waals surface area contributed by atoms with Crippen molar-refractivity contribution in [2.75, 3.05) is 0 Å². The lowest BCUT2D eigenvalue weighted by atomic mass is 9.94. The van der Waals surface area contributed by atoms with Crippen LogP contribution in [0, 0.1) is 0 Å². The highest BCUT2D eigenvalue weighted by Gasteiger charge is 2.24. The molecule has 0 N–H and O–H groups in total. The molecule has 2 heteroatoms. The molecule has 0 saturated carbocycles. The summed E-state index contributed by atoms with van der Waals surface area (Å²) in [5.74, 6) is 0. The topological polar surface area (TPSA) is 9.34 Å². The maximum atomic E-state index is 2.53. The van der Waals surface area contributed by atoms with E-state index in [1.54, 1.807) is 0 Å². The molecule has 8 aromatic carbocycles. The summed E-state index contributed by atoms with van der Waals surface area (Å²) in [6, 6.07) is 58.1. The van der Waals surface area contributed by atoms with E-state index in [1.807, 2.05) is 0 Å². The molecule has 2 nitrogen and oxygen atoms in total. The summed E-state index contributed by atoms with van der Waals surface area (Å²) in [5, 5.41) is 10.5. The molecule has 0 fully saturated rings. The quantitative estimate of drug-likeness (QED) is 0.183. The molecule has 46 heavy (non-hydrogen) atoms. The van der Waals surface area contributed by atoms with Gasteiger partial charge in [0.05, 0.1) is 27.6 Å². The molecule has 0 spiro atoms. The van der Waals surface area contributed by atoms with Crippen LogP contribution in [-0.2, 0) is 0 Å². The molecule has 11 aromatic rings. The molecule has 0 amide bonds. The Morgan fingerprint density at radius 3 is 1.89 bits per heavy atom. The molecule has 0 radical (unpaired) electrons. The number of rotatable bonds is 3. The van der Waals surface area contributed by atoms with Crippen molar-refractivity contribution in [1.29, 1.82) is 0 Å². The molecule has 0 aliphatic rings. The fourth-order valence-electron chi connectivity index (χ4n) is 8.34. The maximum absolute atomic E-state index is 2.53. The van der Waals surface area contributed by atoms with Gasteiger partial charge in [-0.05, 0) is 69.4 Å². The van der Waals surface area contributed by atoms with E-state index in [-0.39, 0.29) is 0 Å². The zero-order valence-electron chi connectivity index (χ0n) is 24.9. The Bertz CT molecular complexity index is 2960. The van der Waals surface area contributed by atoms with E-state index in [0.717, 1.165) is 0 Å². The fraction of sp³-hybridized carbons (Fsp3) is 0. The van der Waals surface area contributed by atoms with Crippen molar-refractivity contribution < 1.29 is 0 Å². The van der Waals surface area contributed by atoms with Crippen molar-refractivity contribution in [3.63, 3.8) is 0 Å². The minimum absolute atomic E-state index is 1.17. The third-order valence-electron chi connectivity index (χ3n) is 10.2. The van der Waals surface area contributed by atoms with Crippen LogP contribution < -0.4 is 0 Å². The van der Waals surface area contributed by atoms with Crippen molar-refractivity contribution in [3.05, 3.63) is 158 Å². The second kappa shape index (κ2) is 8.74. The normalized spacial score (nSPS) is 12.3. The summed E-state index contributed by atoms with van der Waals surface area (Å²) < 4.78 is 5.03. The van der Waals surface area contributed by atoms with Gasteiger partial charge in [-0.2, -0.15) is 0 Å². The monoisotopic (exact) mass is 582 g/mol. The van der Waals surface area contributed by atoms with Crippen LogP contribution >= 0.6 is 0 Å². The average Bonchev–Trinajstić information content (AvgIpc) is 3.60. The van der Waals surface area contributed by atoms with Gasteiger partial charge < -0.3 is 8.97 Å². The first-order valence-corrected chi connectivity index (χ1v) is 16.0. The number of hydrogen-bond donors (Lipinski definition) is 0. The van der Waals surface area contributed by atoms with Crippen LogP contribution in [0.2, 0.25) is 0 Å². The molecule has 11 rings (SSSR count). The van der Waals surface area contributed by atoms with Gasteiger partial charge in [-0.15, -0.1) is 0 Å². The fourth-order valence-corrected chi connectivity index (χ4v) is 8.34. The van der Waals surface area contributed by atoms with Gasteiger partial charge in [0.25, 0.3) is 0 Å². The van der Waals surface area contributed by atoms with E-state index in [9.17, 15) is 0 Å². The lowest BCUT2D eigenvalue weighted by molar-refractivity contribution is 1.18. The Labute approximate surface area is 264 Å². The highest BCUT2D eigenvalue weighted by molar-refractivity contribution is 6.37. The Balaban J connectivity index is 1.31. The summed E-state index contributed by atoms with van der Waals surface area (Å²) in [4.78, 5) is 0. The summed E-state index contributed by atoms with van der Waals surface area (Å²) in [5.41, 5.74) is 12.4. The van der Waals surface area contributed by atoms with Crippen LogP contribution in [-0.4, -0.2) is 8.97 Å². The van der Waals surface area contributed by atoms with Gasteiger partial charge in [0.2, 0.25) is 0 Å². The molecular weight excluding hydrogens is 556 g/mol. The maximum Gasteiger partial charge on any atom is 0.0641 e. The summed E-state index contributed by atoms with van der Waals surface area (Å²) >= 11 is 0. The molecule has 0 aliphatic heterocycles. The molecule has 212 valence electrons. The molecule has 0 aliphatic carbocycles. The van der Waals surface area contributed by atoms with E-state index < -0.39 is 0 Å². The Morgan fingerprint density at radius 1 is 0.348 bits per heavy atom. The van der Waals surface area contributed by atoms with Gasteiger partial charge in [-0.1, -0.05) is 121 Å². The van der Waals surface area contributed by atoms with Crippen molar-refractivity contribution in [2.24, 2.45) is 0 Å². The predicted molar refractivity (Wildman–Crippen MR) is 195 cm³/mol. The second-order valence-electron chi connectivity index (χ2n) is 12.5. The number of nitrogens with zero attached hydrogens (tertiary/aromatic N) is 2. The van der Waals surface area contributed by atoms with Gasteiger partial charge in [-0.3, -0.25) is 0 Å². The lowest BCUT2D eigenvalue weighted by Gasteiger charge is -2.14. The van der Waals surface area contributed by atoms with Crippen LogP contribution in [0.4, 0.5) is 0 Å². The van der Waals surface area contributed by atoms with E-state index in [0.29, 0.717) is 0 Å². The largest absolute Gasteiger partial charge is 0.309 e. The third-order valence-corrected chi connectivity index (χ3v) is 10.2. The van der Waals surface area contributed by atoms with Crippen LogP contribution in [0.25, 0.3) is 98.6 Å². The number of fused-ring (bicyclic) bond motifs is 4. The second-order valence-corrected chi connectivity index (χ2v) is 12.5. The number of para-hydroxylation sites is 1. The molecule has 0 unspecified atom stereocenters. The van der Waals surface area contributed by atoms with E-state index in [4.69, 9.17) is 0 Å². The van der Waals surface area contributed by atoms with Crippen molar-refractivity contribution in [1.82, 2.24) is 8.97 Å². The Hall–Kier alpha value is -6.12. The summed E-state index contributed by atoms with van der Waals surface area (Å²) in [7, 11) is 0. The molecule has 0 saturated heterocycles. The number of benzene rings is 8. The number of aromatic nitrogens is 2. The minimum atomic E-state index is 1.17. The lowest BCUT2D eigenvalue weighted by Crippen LogP contribution is -1.95. The third kappa shape index (κ3) is 3.01. The predicted octanol–water partition coefficient (Wildman–Crippen LogP) is 11.9. The average molecular weight is 583 g/mol. The van der Waals surface area contributed by atoms with Crippen molar-refractivity contribution in [3.8, 4) is 27.9 Å². The first kappa shape index (κ1) is 24.2.